The van der Waals surface area contributed by atoms with E-state index in [0.29, 0.717) is 24.9 Å². The molecular formula is C14H20F2N2O3. The van der Waals surface area contributed by atoms with Crippen molar-refractivity contribution in [2.75, 3.05) is 13.2 Å². The van der Waals surface area contributed by atoms with Gasteiger partial charge >= 0.3 is 12.6 Å². The number of halogens is 2. The molecule has 7 heteroatoms. The Morgan fingerprint density at radius 1 is 1.38 bits per heavy atom. The highest BCUT2D eigenvalue weighted by Crippen LogP contribution is 2.28. The molecule has 0 aliphatic rings. The number of nitrogens with one attached hydrogen (secondary N) is 2. The number of hydrogen-bond acceptors (Lipinski definition) is 3. The fraction of sp³-hybridized carbons (Fsp3) is 0.500. The summed E-state index contributed by atoms with van der Waals surface area (Å²) >= 11 is 0. The number of aliphatic hydroxyl groups excluding tert-OH is 1. The number of amides is 2. The Hall–Kier alpha value is -1.89. The van der Waals surface area contributed by atoms with Crippen LogP contribution in [0.4, 0.5) is 13.6 Å². The van der Waals surface area contributed by atoms with Crippen LogP contribution in [0.1, 0.15) is 31.4 Å². The number of carbonyl (C=O) groups excluding carboxylic acids is 1. The first-order valence-electron chi connectivity index (χ1n) is 6.77. The van der Waals surface area contributed by atoms with Crippen LogP contribution in [-0.4, -0.2) is 30.9 Å². The largest absolute Gasteiger partial charge is 0.434 e. The molecule has 0 aromatic heterocycles. The van der Waals surface area contributed by atoms with E-state index in [4.69, 9.17) is 5.11 Å². The zero-order chi connectivity index (χ0) is 15.7. The highest BCUT2D eigenvalue weighted by Gasteiger charge is 2.18. The van der Waals surface area contributed by atoms with Gasteiger partial charge in [-0.3, -0.25) is 0 Å². The molecule has 118 valence electrons. The molecule has 0 fully saturated rings. The smallest absolute Gasteiger partial charge is 0.387 e. The quantitative estimate of drug-likeness (QED) is 0.646. The van der Waals surface area contributed by atoms with Crippen LogP contribution in [0, 0.1) is 0 Å². The molecule has 3 N–H and O–H groups in total. The standard InChI is InChI=1S/C14H20F2N2O3/c1-2-11(18-14(20)17-8-5-9-19)10-6-3-4-7-12(10)21-13(15)16/h3-4,6-7,11,13,19H,2,5,8-9H2,1H3,(H2,17,18,20). The molecule has 0 heterocycles. The number of benzene rings is 1. The second-order valence-electron chi connectivity index (χ2n) is 4.35. The van der Waals surface area contributed by atoms with Crippen molar-refractivity contribution in [3.05, 3.63) is 29.8 Å². The van der Waals surface area contributed by atoms with Crippen LogP contribution < -0.4 is 15.4 Å². The average Bonchev–Trinajstić information content (AvgIpc) is 2.45. The SMILES string of the molecule is CCC(NC(=O)NCCCO)c1ccccc1OC(F)F. The Kier molecular flexibility index (Phi) is 7.45. The van der Waals surface area contributed by atoms with Gasteiger partial charge in [0.15, 0.2) is 0 Å². The molecule has 21 heavy (non-hydrogen) atoms. The predicted molar refractivity (Wildman–Crippen MR) is 74.3 cm³/mol. The van der Waals surface area contributed by atoms with E-state index >= 15 is 0 Å². The minimum Gasteiger partial charge on any atom is -0.434 e. The summed E-state index contributed by atoms with van der Waals surface area (Å²) in [5, 5.41) is 13.9. The van der Waals surface area contributed by atoms with Crippen molar-refractivity contribution < 1.29 is 23.4 Å². The van der Waals surface area contributed by atoms with Crippen LogP contribution in [-0.2, 0) is 0 Å². The number of urea groups is 1. The molecule has 0 saturated carbocycles. The summed E-state index contributed by atoms with van der Waals surface area (Å²) in [6.45, 7) is -0.754. The summed E-state index contributed by atoms with van der Waals surface area (Å²) in [4.78, 5) is 11.7. The first kappa shape index (κ1) is 17.2. The summed E-state index contributed by atoms with van der Waals surface area (Å²) in [5.74, 6) is 0.0509. The monoisotopic (exact) mass is 302 g/mol. The Bertz CT molecular complexity index is 444. The van der Waals surface area contributed by atoms with Crippen LogP contribution in [0.3, 0.4) is 0 Å². The van der Waals surface area contributed by atoms with Gasteiger partial charge in [-0.25, -0.2) is 4.79 Å². The first-order valence-corrected chi connectivity index (χ1v) is 6.77. The second-order valence-corrected chi connectivity index (χ2v) is 4.35. The number of para-hydroxylation sites is 1. The summed E-state index contributed by atoms with van der Waals surface area (Å²) < 4.78 is 29.3. The van der Waals surface area contributed by atoms with Crippen molar-refractivity contribution in [2.45, 2.75) is 32.4 Å². The maximum absolute atomic E-state index is 12.4. The molecule has 2 amide bonds. The Morgan fingerprint density at radius 3 is 2.71 bits per heavy atom. The van der Waals surface area contributed by atoms with Crippen LogP contribution in [0.25, 0.3) is 0 Å². The summed E-state index contributed by atoms with van der Waals surface area (Å²) in [5.41, 5.74) is 0.498. The van der Waals surface area contributed by atoms with Gasteiger partial charge in [0.2, 0.25) is 0 Å². The van der Waals surface area contributed by atoms with Gasteiger partial charge in [-0.05, 0) is 18.9 Å². The molecule has 0 spiro atoms. The lowest BCUT2D eigenvalue weighted by Gasteiger charge is -2.20. The maximum atomic E-state index is 12.4. The Balaban J connectivity index is 2.73. The predicted octanol–water partition coefficient (Wildman–Crippen LogP) is 2.42. The van der Waals surface area contributed by atoms with Gasteiger partial charge in [-0.1, -0.05) is 25.1 Å². The average molecular weight is 302 g/mol. The fourth-order valence-electron chi connectivity index (χ4n) is 1.86. The highest BCUT2D eigenvalue weighted by molar-refractivity contribution is 5.74. The maximum Gasteiger partial charge on any atom is 0.387 e. The Morgan fingerprint density at radius 2 is 2.10 bits per heavy atom. The molecule has 1 aromatic rings. The van der Waals surface area contributed by atoms with E-state index < -0.39 is 18.7 Å². The molecule has 0 saturated heterocycles. The van der Waals surface area contributed by atoms with Crippen LogP contribution >= 0.6 is 0 Å². The topological polar surface area (TPSA) is 70.6 Å². The Labute approximate surface area is 122 Å². The molecule has 1 rings (SSSR count). The van der Waals surface area contributed by atoms with Crippen LogP contribution in [0.15, 0.2) is 24.3 Å². The number of alkyl halides is 2. The third kappa shape index (κ3) is 5.95. The van der Waals surface area contributed by atoms with Gasteiger partial charge in [0.1, 0.15) is 5.75 Å². The minimum absolute atomic E-state index is 0.0114. The van der Waals surface area contributed by atoms with Crippen molar-refractivity contribution in [3.8, 4) is 5.75 Å². The lowest BCUT2D eigenvalue weighted by molar-refractivity contribution is -0.0506. The van der Waals surface area contributed by atoms with Gasteiger partial charge < -0.3 is 20.5 Å². The molecular weight excluding hydrogens is 282 g/mol. The van der Waals surface area contributed by atoms with E-state index in [0.717, 1.165) is 0 Å². The van der Waals surface area contributed by atoms with Crippen molar-refractivity contribution in [1.82, 2.24) is 10.6 Å². The molecule has 1 aromatic carbocycles. The van der Waals surface area contributed by atoms with E-state index in [-0.39, 0.29) is 12.4 Å². The third-order valence-electron chi connectivity index (χ3n) is 2.84. The van der Waals surface area contributed by atoms with E-state index in [1.807, 2.05) is 6.92 Å². The third-order valence-corrected chi connectivity index (χ3v) is 2.84. The second kappa shape index (κ2) is 9.12. The number of hydrogen-bond donors (Lipinski definition) is 3. The van der Waals surface area contributed by atoms with Crippen molar-refractivity contribution >= 4 is 6.03 Å². The molecule has 5 nitrogen and oxygen atoms in total. The van der Waals surface area contributed by atoms with E-state index in [1.54, 1.807) is 18.2 Å². The fourth-order valence-corrected chi connectivity index (χ4v) is 1.86. The zero-order valence-electron chi connectivity index (χ0n) is 11.8. The summed E-state index contributed by atoms with van der Waals surface area (Å²) in [7, 11) is 0. The molecule has 0 bridgehead atoms. The summed E-state index contributed by atoms with van der Waals surface area (Å²) in [6, 6.07) is 5.52. The van der Waals surface area contributed by atoms with Gasteiger partial charge in [0.25, 0.3) is 0 Å². The van der Waals surface area contributed by atoms with Gasteiger partial charge in [-0.15, -0.1) is 0 Å². The number of aliphatic hydroxyl groups is 1. The number of carbonyl (C=O) groups is 1. The van der Waals surface area contributed by atoms with E-state index in [9.17, 15) is 13.6 Å². The molecule has 1 atom stereocenters. The van der Waals surface area contributed by atoms with Crippen LogP contribution in [0.5, 0.6) is 5.75 Å². The van der Waals surface area contributed by atoms with E-state index in [2.05, 4.69) is 15.4 Å². The first-order chi connectivity index (χ1) is 10.1. The zero-order valence-corrected chi connectivity index (χ0v) is 11.8. The molecule has 0 radical (unpaired) electrons. The normalized spacial score (nSPS) is 12.0. The van der Waals surface area contributed by atoms with Crippen molar-refractivity contribution in [1.29, 1.82) is 0 Å². The lowest BCUT2D eigenvalue weighted by atomic mass is 10.0. The molecule has 0 aliphatic heterocycles. The minimum atomic E-state index is -2.91. The van der Waals surface area contributed by atoms with Gasteiger partial charge in [0.05, 0.1) is 6.04 Å². The molecule has 1 unspecified atom stereocenters. The lowest BCUT2D eigenvalue weighted by Crippen LogP contribution is -2.38. The number of rotatable bonds is 8. The summed E-state index contributed by atoms with van der Waals surface area (Å²) in [6.07, 6.45) is 0.978. The number of ether oxygens (including phenoxy) is 1. The van der Waals surface area contributed by atoms with Crippen LogP contribution in [0.2, 0.25) is 0 Å². The van der Waals surface area contributed by atoms with Crippen molar-refractivity contribution in [2.24, 2.45) is 0 Å². The van der Waals surface area contributed by atoms with Gasteiger partial charge in [0, 0.05) is 18.7 Å². The highest BCUT2D eigenvalue weighted by atomic mass is 19.3. The molecule has 0 aliphatic carbocycles. The van der Waals surface area contributed by atoms with E-state index in [1.165, 1.54) is 6.07 Å². The van der Waals surface area contributed by atoms with Crippen molar-refractivity contribution in [3.63, 3.8) is 0 Å². The van der Waals surface area contributed by atoms with Gasteiger partial charge in [-0.2, -0.15) is 8.78 Å².